The monoisotopic (exact) mass is 544 g/mol. The summed E-state index contributed by atoms with van der Waals surface area (Å²) in [6.45, 7) is 8.69. The lowest BCUT2D eigenvalue weighted by Gasteiger charge is -2.32. The third-order valence-electron chi connectivity index (χ3n) is 8.88. The van der Waals surface area contributed by atoms with E-state index in [2.05, 4.69) is 39.3 Å². The molecule has 9 nitrogen and oxygen atoms in total. The summed E-state index contributed by atoms with van der Waals surface area (Å²) in [5.74, 6) is -0.192. The Morgan fingerprint density at radius 2 is 1.93 bits per heavy atom. The first-order valence-corrected chi connectivity index (χ1v) is 14.8. The molecule has 2 aliphatic heterocycles. The van der Waals surface area contributed by atoms with Gasteiger partial charge in [0, 0.05) is 49.4 Å². The minimum absolute atomic E-state index is 0.0147. The molecule has 9 heteroatoms. The van der Waals surface area contributed by atoms with Gasteiger partial charge in [0.15, 0.2) is 0 Å². The number of piperidine rings is 1. The van der Waals surface area contributed by atoms with E-state index in [1.54, 1.807) is 0 Å². The molecule has 0 spiro atoms. The molecule has 1 saturated carbocycles. The number of amides is 2. The Morgan fingerprint density at radius 1 is 1.12 bits per heavy atom. The van der Waals surface area contributed by atoms with Crippen LogP contribution in [0.3, 0.4) is 0 Å². The van der Waals surface area contributed by atoms with Gasteiger partial charge in [-0.2, -0.15) is 5.10 Å². The van der Waals surface area contributed by atoms with Crippen molar-refractivity contribution in [2.24, 2.45) is 11.8 Å². The second-order valence-electron chi connectivity index (χ2n) is 11.9. The van der Waals surface area contributed by atoms with Crippen molar-refractivity contribution in [2.45, 2.75) is 64.6 Å². The largest absolute Gasteiger partial charge is 0.379 e. The summed E-state index contributed by atoms with van der Waals surface area (Å²) in [5, 5.41) is 11.7. The number of hydrogen-bond acceptors (Lipinski definition) is 6. The molecule has 3 atom stereocenters. The zero-order chi connectivity index (χ0) is 27.6. The third kappa shape index (κ3) is 5.63. The number of nitrogens with one attached hydrogen (secondary N) is 2. The molecule has 4 heterocycles. The van der Waals surface area contributed by atoms with Crippen molar-refractivity contribution in [1.29, 1.82) is 0 Å². The number of benzene rings is 1. The molecule has 2 saturated heterocycles. The van der Waals surface area contributed by atoms with Gasteiger partial charge in [-0.25, -0.2) is 0 Å². The molecular formula is C31H40N6O3. The minimum atomic E-state index is -0.235. The maximum atomic E-state index is 13.7. The molecule has 1 aliphatic carbocycles. The van der Waals surface area contributed by atoms with Crippen LogP contribution in [0, 0.1) is 11.8 Å². The smallest absolute Gasteiger partial charge is 0.252 e. The third-order valence-corrected chi connectivity index (χ3v) is 8.88. The number of fused-ring (bicyclic) bond motifs is 1. The zero-order valence-corrected chi connectivity index (χ0v) is 23.6. The average molecular weight is 545 g/mol. The van der Waals surface area contributed by atoms with Crippen molar-refractivity contribution in [3.05, 3.63) is 47.8 Å². The standard InChI is InChI=1S/C31H40N6O3/c1-20-13-21(2)35-31(39)26(20)17-33-30(38)25-14-23(15-29-27(25)18-34-37(29)24-5-3-4-6-24)28-8-7-22(16-32-28)19-36-9-11-40-12-10-36/h7-8,14-16,18,20-21,24,26H,3-6,9-13,17,19H2,1-2H3,(H,33,38)(H,35,39). The molecule has 3 aromatic rings. The Hall–Kier alpha value is -3.30. The minimum Gasteiger partial charge on any atom is -0.379 e. The van der Waals surface area contributed by atoms with Crippen LogP contribution < -0.4 is 10.6 Å². The van der Waals surface area contributed by atoms with Gasteiger partial charge in [-0.3, -0.25) is 24.2 Å². The molecule has 0 bridgehead atoms. The van der Waals surface area contributed by atoms with Gasteiger partial charge in [0.1, 0.15) is 0 Å². The van der Waals surface area contributed by atoms with Gasteiger partial charge >= 0.3 is 0 Å². The number of aromatic nitrogens is 3. The van der Waals surface area contributed by atoms with Crippen molar-refractivity contribution < 1.29 is 14.3 Å². The molecule has 3 aliphatic rings. The van der Waals surface area contributed by atoms with E-state index in [0.29, 0.717) is 18.2 Å². The summed E-state index contributed by atoms with van der Waals surface area (Å²) in [6.07, 6.45) is 9.27. The summed E-state index contributed by atoms with van der Waals surface area (Å²) < 4.78 is 7.57. The maximum Gasteiger partial charge on any atom is 0.252 e. The number of pyridine rings is 1. The van der Waals surface area contributed by atoms with Gasteiger partial charge < -0.3 is 15.4 Å². The lowest BCUT2D eigenvalue weighted by atomic mass is 9.84. The number of carbonyl (C=O) groups is 2. The van der Waals surface area contributed by atoms with E-state index in [4.69, 9.17) is 14.8 Å². The predicted octanol–water partition coefficient (Wildman–Crippen LogP) is 3.94. The Labute approximate surface area is 235 Å². The van der Waals surface area contributed by atoms with Crippen molar-refractivity contribution >= 4 is 22.7 Å². The summed E-state index contributed by atoms with van der Waals surface area (Å²) in [4.78, 5) is 33.5. The number of rotatable bonds is 7. The van der Waals surface area contributed by atoms with E-state index >= 15 is 0 Å². The number of ether oxygens (including phenoxy) is 1. The quantitative estimate of drug-likeness (QED) is 0.467. The van der Waals surface area contributed by atoms with Gasteiger partial charge in [-0.05, 0) is 55.9 Å². The second kappa shape index (κ2) is 11.7. The topological polar surface area (TPSA) is 101 Å². The molecule has 6 rings (SSSR count). The van der Waals surface area contributed by atoms with Crippen LogP contribution in [0.1, 0.15) is 67.9 Å². The molecule has 3 unspecified atom stereocenters. The number of morpholine rings is 1. The van der Waals surface area contributed by atoms with Gasteiger partial charge in [0.2, 0.25) is 5.91 Å². The summed E-state index contributed by atoms with van der Waals surface area (Å²) in [7, 11) is 0. The van der Waals surface area contributed by atoms with Crippen LogP contribution in [0.2, 0.25) is 0 Å². The van der Waals surface area contributed by atoms with Crippen LogP contribution in [-0.4, -0.2) is 70.4 Å². The Morgan fingerprint density at radius 3 is 2.65 bits per heavy atom. The first-order valence-electron chi connectivity index (χ1n) is 14.8. The van der Waals surface area contributed by atoms with Gasteiger partial charge in [-0.1, -0.05) is 25.8 Å². The highest BCUT2D eigenvalue weighted by Crippen LogP contribution is 2.34. The van der Waals surface area contributed by atoms with Crippen LogP contribution in [0.15, 0.2) is 36.7 Å². The fourth-order valence-electron chi connectivity index (χ4n) is 6.61. The maximum absolute atomic E-state index is 13.7. The zero-order valence-electron chi connectivity index (χ0n) is 23.6. The van der Waals surface area contributed by atoms with E-state index in [9.17, 15) is 9.59 Å². The molecule has 212 valence electrons. The highest BCUT2D eigenvalue weighted by atomic mass is 16.5. The van der Waals surface area contributed by atoms with Crippen molar-refractivity contribution in [3.63, 3.8) is 0 Å². The highest BCUT2D eigenvalue weighted by Gasteiger charge is 2.32. The van der Waals surface area contributed by atoms with Crippen LogP contribution >= 0.6 is 0 Å². The SMILES string of the molecule is CC1CC(C)C(CNC(=O)c2cc(-c3ccc(CN4CCOCC4)cn3)cc3c2cnn3C2CCCC2)C(=O)N1. The first kappa shape index (κ1) is 26.9. The molecule has 2 amide bonds. The number of hydrogen-bond donors (Lipinski definition) is 2. The highest BCUT2D eigenvalue weighted by molar-refractivity contribution is 6.08. The average Bonchev–Trinajstić information content (AvgIpc) is 3.63. The molecule has 1 aromatic carbocycles. The van der Waals surface area contributed by atoms with Gasteiger partial charge in [0.25, 0.3) is 5.91 Å². The van der Waals surface area contributed by atoms with Crippen LogP contribution in [0.25, 0.3) is 22.2 Å². The van der Waals surface area contributed by atoms with E-state index in [1.807, 2.05) is 31.5 Å². The Balaban J connectivity index is 1.28. The fourth-order valence-corrected chi connectivity index (χ4v) is 6.61. The Kier molecular flexibility index (Phi) is 7.85. The summed E-state index contributed by atoms with van der Waals surface area (Å²) >= 11 is 0. The van der Waals surface area contributed by atoms with Crippen molar-refractivity contribution in [3.8, 4) is 11.3 Å². The van der Waals surface area contributed by atoms with E-state index in [-0.39, 0.29) is 29.7 Å². The molecule has 0 radical (unpaired) electrons. The molecule has 40 heavy (non-hydrogen) atoms. The number of nitrogens with zero attached hydrogens (tertiary/aromatic N) is 4. The van der Waals surface area contributed by atoms with E-state index in [0.717, 1.165) is 79.8 Å². The lowest BCUT2D eigenvalue weighted by molar-refractivity contribution is -0.129. The van der Waals surface area contributed by atoms with E-state index in [1.165, 1.54) is 12.8 Å². The Bertz CT molecular complexity index is 1360. The van der Waals surface area contributed by atoms with Crippen LogP contribution in [0.5, 0.6) is 0 Å². The number of carbonyl (C=O) groups excluding carboxylic acids is 2. The summed E-state index contributed by atoms with van der Waals surface area (Å²) in [5.41, 5.74) is 4.43. The summed E-state index contributed by atoms with van der Waals surface area (Å²) in [6, 6.07) is 8.74. The van der Waals surface area contributed by atoms with Crippen LogP contribution in [-0.2, 0) is 16.1 Å². The normalized spacial score (nSPS) is 24.4. The van der Waals surface area contributed by atoms with Crippen molar-refractivity contribution in [1.82, 2.24) is 30.3 Å². The molecule has 2 aromatic heterocycles. The molecule has 3 fully saturated rings. The van der Waals surface area contributed by atoms with Gasteiger partial charge in [-0.15, -0.1) is 0 Å². The first-order chi connectivity index (χ1) is 19.5. The molecule has 2 N–H and O–H groups in total. The van der Waals surface area contributed by atoms with Gasteiger partial charge in [0.05, 0.1) is 48.1 Å². The second-order valence-corrected chi connectivity index (χ2v) is 11.9. The lowest BCUT2D eigenvalue weighted by Crippen LogP contribution is -2.50. The molecular weight excluding hydrogens is 504 g/mol. The van der Waals surface area contributed by atoms with Crippen LogP contribution in [0.4, 0.5) is 0 Å². The fraction of sp³-hybridized carbons (Fsp3) is 0.548. The van der Waals surface area contributed by atoms with E-state index < -0.39 is 0 Å². The predicted molar refractivity (Wildman–Crippen MR) is 154 cm³/mol. The van der Waals surface area contributed by atoms with Crippen molar-refractivity contribution in [2.75, 3.05) is 32.8 Å².